The average Bonchev–Trinajstić information content (AvgIpc) is 2.60. The number of rotatable bonds is 12. The van der Waals surface area contributed by atoms with Gasteiger partial charge in [-0.1, -0.05) is 63.6 Å². The van der Waals surface area contributed by atoms with E-state index >= 15 is 0 Å². The van der Waals surface area contributed by atoms with Crippen molar-refractivity contribution in [1.29, 1.82) is 0 Å². The summed E-state index contributed by atoms with van der Waals surface area (Å²) in [7, 11) is 0. The van der Waals surface area contributed by atoms with Crippen LogP contribution in [0.4, 0.5) is 0 Å². The number of ether oxygens (including phenoxy) is 2. The third kappa shape index (κ3) is 8.19. The molecular weight excluding hydrogens is 300 g/mol. The molecule has 3 nitrogen and oxygen atoms in total. The van der Waals surface area contributed by atoms with Crippen LogP contribution in [0.3, 0.4) is 0 Å². The first kappa shape index (κ1) is 20.3. The van der Waals surface area contributed by atoms with Crippen molar-refractivity contribution in [3.63, 3.8) is 0 Å². The number of esters is 1. The number of hydrogen-bond donors (Lipinski definition) is 0. The van der Waals surface area contributed by atoms with Crippen LogP contribution in [0, 0.1) is 0 Å². The standard InChI is InChI=1S/C21H32O3/c1-4-6-7-8-9-10-14-17-20(18(3)21(22)23-5-2)24-19-15-12-11-13-16-19/h11-13,15-16H,4-10,14,17H2,1-3H3/b20-18+. The molecule has 0 aliphatic rings. The van der Waals surface area contributed by atoms with E-state index in [0.29, 0.717) is 12.2 Å². The predicted molar refractivity (Wildman–Crippen MR) is 99.0 cm³/mol. The van der Waals surface area contributed by atoms with Crippen LogP contribution >= 0.6 is 0 Å². The summed E-state index contributed by atoms with van der Waals surface area (Å²) in [6.45, 7) is 6.22. The summed E-state index contributed by atoms with van der Waals surface area (Å²) in [6, 6.07) is 9.62. The van der Waals surface area contributed by atoms with Gasteiger partial charge in [0.1, 0.15) is 11.5 Å². The lowest BCUT2D eigenvalue weighted by molar-refractivity contribution is -0.138. The summed E-state index contributed by atoms with van der Waals surface area (Å²) >= 11 is 0. The second-order valence-corrected chi connectivity index (χ2v) is 6.06. The van der Waals surface area contributed by atoms with Gasteiger partial charge >= 0.3 is 5.97 Å². The van der Waals surface area contributed by atoms with Crippen LogP contribution in [-0.2, 0) is 9.53 Å². The highest BCUT2D eigenvalue weighted by molar-refractivity contribution is 5.88. The number of carbonyl (C=O) groups is 1. The van der Waals surface area contributed by atoms with Crippen molar-refractivity contribution in [2.75, 3.05) is 6.61 Å². The van der Waals surface area contributed by atoms with Crippen molar-refractivity contribution in [1.82, 2.24) is 0 Å². The van der Waals surface area contributed by atoms with E-state index in [1.54, 1.807) is 6.92 Å². The zero-order chi connectivity index (χ0) is 17.6. The minimum absolute atomic E-state index is 0.286. The Morgan fingerprint density at radius 1 is 0.917 bits per heavy atom. The number of para-hydroxylation sites is 1. The smallest absolute Gasteiger partial charge is 0.337 e. The normalized spacial score (nSPS) is 11.8. The Morgan fingerprint density at radius 2 is 1.54 bits per heavy atom. The molecule has 24 heavy (non-hydrogen) atoms. The van der Waals surface area contributed by atoms with Crippen LogP contribution in [-0.4, -0.2) is 12.6 Å². The molecule has 0 amide bonds. The molecule has 3 heteroatoms. The minimum Gasteiger partial charge on any atom is -0.463 e. The molecule has 0 radical (unpaired) electrons. The molecule has 0 atom stereocenters. The molecule has 0 aliphatic carbocycles. The third-order valence-corrected chi connectivity index (χ3v) is 3.99. The van der Waals surface area contributed by atoms with Gasteiger partial charge in [-0.25, -0.2) is 4.79 Å². The fourth-order valence-corrected chi connectivity index (χ4v) is 2.54. The van der Waals surface area contributed by atoms with E-state index in [4.69, 9.17) is 9.47 Å². The van der Waals surface area contributed by atoms with Gasteiger partial charge in [-0.05, 0) is 32.4 Å². The molecule has 0 aromatic heterocycles. The van der Waals surface area contributed by atoms with Crippen molar-refractivity contribution < 1.29 is 14.3 Å². The lowest BCUT2D eigenvalue weighted by Crippen LogP contribution is -2.11. The zero-order valence-corrected chi connectivity index (χ0v) is 15.5. The molecule has 0 fully saturated rings. The van der Waals surface area contributed by atoms with Gasteiger partial charge in [0.05, 0.1) is 12.2 Å². The monoisotopic (exact) mass is 332 g/mol. The molecule has 134 valence electrons. The van der Waals surface area contributed by atoms with Gasteiger partial charge in [-0.3, -0.25) is 0 Å². The zero-order valence-electron chi connectivity index (χ0n) is 15.5. The summed E-state index contributed by atoms with van der Waals surface area (Å²) < 4.78 is 11.1. The second-order valence-electron chi connectivity index (χ2n) is 6.06. The fourth-order valence-electron chi connectivity index (χ4n) is 2.54. The molecule has 0 N–H and O–H groups in total. The Hall–Kier alpha value is -1.77. The summed E-state index contributed by atoms with van der Waals surface area (Å²) in [5.41, 5.74) is 0.576. The number of benzene rings is 1. The average molecular weight is 332 g/mol. The minimum atomic E-state index is -0.286. The summed E-state index contributed by atoms with van der Waals surface area (Å²) in [4.78, 5) is 12.0. The number of allylic oxidation sites excluding steroid dienone is 1. The molecule has 0 unspecified atom stereocenters. The summed E-state index contributed by atoms with van der Waals surface area (Å²) in [6.07, 6.45) is 9.43. The Labute approximate surface area is 147 Å². The molecule has 1 rings (SSSR count). The number of unbranched alkanes of at least 4 members (excludes halogenated alkanes) is 6. The molecule has 0 aliphatic heterocycles. The van der Waals surface area contributed by atoms with E-state index in [1.807, 2.05) is 37.3 Å². The van der Waals surface area contributed by atoms with Gasteiger partial charge in [-0.2, -0.15) is 0 Å². The lowest BCUT2D eigenvalue weighted by Gasteiger charge is -2.13. The summed E-state index contributed by atoms with van der Waals surface area (Å²) in [5, 5.41) is 0. The molecule has 0 spiro atoms. The van der Waals surface area contributed by atoms with E-state index in [-0.39, 0.29) is 5.97 Å². The molecule has 0 saturated carbocycles. The second kappa shape index (κ2) is 12.6. The van der Waals surface area contributed by atoms with E-state index in [0.717, 1.165) is 24.4 Å². The number of carbonyl (C=O) groups excluding carboxylic acids is 1. The molecule has 0 heterocycles. The summed E-state index contributed by atoms with van der Waals surface area (Å²) in [5.74, 6) is 1.21. The highest BCUT2D eigenvalue weighted by Crippen LogP contribution is 2.21. The molecular formula is C21H32O3. The quantitative estimate of drug-likeness (QED) is 0.202. The van der Waals surface area contributed by atoms with Crippen molar-refractivity contribution in [3.05, 3.63) is 41.7 Å². The van der Waals surface area contributed by atoms with Crippen molar-refractivity contribution in [2.45, 2.75) is 72.1 Å². The first-order valence-corrected chi connectivity index (χ1v) is 9.28. The number of hydrogen-bond acceptors (Lipinski definition) is 3. The van der Waals surface area contributed by atoms with Crippen LogP contribution in [0.15, 0.2) is 41.7 Å². The highest BCUT2D eigenvalue weighted by Gasteiger charge is 2.14. The lowest BCUT2D eigenvalue weighted by atomic mass is 10.1. The maximum Gasteiger partial charge on any atom is 0.337 e. The Bertz CT molecular complexity index is 491. The Kier molecular flexibility index (Phi) is 10.7. The van der Waals surface area contributed by atoms with Crippen molar-refractivity contribution in [2.24, 2.45) is 0 Å². The first-order chi connectivity index (χ1) is 11.7. The fraction of sp³-hybridized carbons (Fsp3) is 0.571. The van der Waals surface area contributed by atoms with E-state index in [2.05, 4.69) is 6.92 Å². The van der Waals surface area contributed by atoms with E-state index < -0.39 is 0 Å². The van der Waals surface area contributed by atoms with Crippen molar-refractivity contribution in [3.8, 4) is 5.75 Å². The SMILES string of the molecule is CCCCCCCCC/C(Oc1ccccc1)=C(/C)C(=O)OCC. The van der Waals surface area contributed by atoms with Crippen molar-refractivity contribution >= 4 is 5.97 Å². The molecule has 0 bridgehead atoms. The molecule has 1 aromatic carbocycles. The Balaban J connectivity index is 2.58. The molecule has 0 saturated heterocycles. The third-order valence-electron chi connectivity index (χ3n) is 3.99. The first-order valence-electron chi connectivity index (χ1n) is 9.28. The predicted octanol–water partition coefficient (Wildman–Crippen LogP) is 6.04. The molecule has 1 aromatic rings. The Morgan fingerprint density at radius 3 is 2.17 bits per heavy atom. The van der Waals surface area contributed by atoms with Gasteiger partial charge in [0.25, 0.3) is 0 Å². The topological polar surface area (TPSA) is 35.5 Å². The van der Waals surface area contributed by atoms with E-state index in [1.165, 1.54) is 38.5 Å². The van der Waals surface area contributed by atoms with Gasteiger partial charge in [0.15, 0.2) is 0 Å². The van der Waals surface area contributed by atoms with Gasteiger partial charge in [0, 0.05) is 6.42 Å². The largest absolute Gasteiger partial charge is 0.463 e. The van der Waals surface area contributed by atoms with Gasteiger partial charge in [0.2, 0.25) is 0 Å². The highest BCUT2D eigenvalue weighted by atomic mass is 16.5. The van der Waals surface area contributed by atoms with Crippen LogP contribution in [0.2, 0.25) is 0 Å². The van der Waals surface area contributed by atoms with Gasteiger partial charge < -0.3 is 9.47 Å². The van der Waals surface area contributed by atoms with E-state index in [9.17, 15) is 4.79 Å². The maximum atomic E-state index is 12.0. The van der Waals surface area contributed by atoms with Gasteiger partial charge in [-0.15, -0.1) is 0 Å². The van der Waals surface area contributed by atoms with Crippen LogP contribution in [0.25, 0.3) is 0 Å². The van der Waals surface area contributed by atoms with Crippen LogP contribution in [0.5, 0.6) is 5.75 Å². The van der Waals surface area contributed by atoms with Crippen LogP contribution in [0.1, 0.15) is 72.1 Å². The van der Waals surface area contributed by atoms with Crippen LogP contribution < -0.4 is 4.74 Å². The maximum absolute atomic E-state index is 12.0.